The van der Waals surface area contributed by atoms with E-state index in [2.05, 4.69) is 20.6 Å². The second kappa shape index (κ2) is 10.8. The SMILES string of the molecule is COCCNC(=NCc1ccc([N+](=O)[O-])cc1)NCCc1ccccn1. The minimum absolute atomic E-state index is 0.0738. The number of hydrogen-bond acceptors (Lipinski definition) is 5. The fraction of sp³-hybridized carbons (Fsp3) is 0.333. The van der Waals surface area contributed by atoms with Gasteiger partial charge in [0.15, 0.2) is 5.96 Å². The Kier molecular flexibility index (Phi) is 8.01. The number of benzene rings is 1. The van der Waals surface area contributed by atoms with Crippen LogP contribution in [0.5, 0.6) is 0 Å². The third-order valence-electron chi connectivity index (χ3n) is 3.57. The molecule has 0 fully saturated rings. The Morgan fingerprint density at radius 1 is 1.19 bits per heavy atom. The molecule has 0 bridgehead atoms. The van der Waals surface area contributed by atoms with Gasteiger partial charge in [-0.2, -0.15) is 0 Å². The summed E-state index contributed by atoms with van der Waals surface area (Å²) >= 11 is 0. The van der Waals surface area contributed by atoms with Gasteiger partial charge in [0.1, 0.15) is 0 Å². The highest BCUT2D eigenvalue weighted by Crippen LogP contribution is 2.12. The first-order valence-electron chi connectivity index (χ1n) is 8.33. The zero-order valence-corrected chi connectivity index (χ0v) is 14.7. The number of pyridine rings is 1. The molecule has 26 heavy (non-hydrogen) atoms. The van der Waals surface area contributed by atoms with Gasteiger partial charge in [-0.1, -0.05) is 18.2 Å². The molecule has 1 aromatic heterocycles. The Morgan fingerprint density at radius 3 is 2.62 bits per heavy atom. The van der Waals surface area contributed by atoms with E-state index in [1.54, 1.807) is 25.4 Å². The predicted octanol–water partition coefficient (Wildman–Crippen LogP) is 1.91. The Balaban J connectivity index is 1.91. The van der Waals surface area contributed by atoms with Crippen LogP contribution in [-0.2, 0) is 17.7 Å². The number of methoxy groups -OCH3 is 1. The number of ether oxygens (including phenoxy) is 1. The fourth-order valence-electron chi connectivity index (χ4n) is 2.19. The molecule has 0 saturated heterocycles. The number of nitrogens with one attached hydrogen (secondary N) is 2. The molecule has 8 nitrogen and oxygen atoms in total. The highest BCUT2D eigenvalue weighted by Gasteiger charge is 2.04. The summed E-state index contributed by atoms with van der Waals surface area (Å²) in [6.07, 6.45) is 2.55. The van der Waals surface area contributed by atoms with Crippen LogP contribution in [0.3, 0.4) is 0 Å². The average molecular weight is 357 g/mol. The quantitative estimate of drug-likeness (QED) is 0.234. The number of aliphatic imine (C=N–C) groups is 1. The summed E-state index contributed by atoms with van der Waals surface area (Å²) in [5.74, 6) is 0.663. The van der Waals surface area contributed by atoms with Crippen LogP contribution >= 0.6 is 0 Å². The highest BCUT2D eigenvalue weighted by atomic mass is 16.6. The van der Waals surface area contributed by atoms with Gasteiger partial charge in [-0.25, -0.2) is 4.99 Å². The molecular formula is C18H23N5O3. The average Bonchev–Trinajstić information content (AvgIpc) is 2.67. The molecule has 0 atom stereocenters. The van der Waals surface area contributed by atoms with Gasteiger partial charge in [0.2, 0.25) is 0 Å². The fourth-order valence-corrected chi connectivity index (χ4v) is 2.19. The van der Waals surface area contributed by atoms with Crippen molar-refractivity contribution in [2.75, 3.05) is 26.8 Å². The van der Waals surface area contributed by atoms with Gasteiger partial charge in [-0.15, -0.1) is 0 Å². The maximum atomic E-state index is 10.7. The number of hydrogen-bond donors (Lipinski definition) is 2. The number of nitro groups is 1. The molecule has 2 rings (SSSR count). The Labute approximate surface area is 152 Å². The van der Waals surface area contributed by atoms with E-state index < -0.39 is 4.92 Å². The van der Waals surface area contributed by atoms with Crippen molar-refractivity contribution >= 4 is 11.6 Å². The summed E-state index contributed by atoms with van der Waals surface area (Å²) in [7, 11) is 1.64. The van der Waals surface area contributed by atoms with E-state index in [1.807, 2.05) is 18.2 Å². The minimum atomic E-state index is -0.413. The number of nitro benzene ring substituents is 1. The van der Waals surface area contributed by atoms with E-state index in [0.717, 1.165) is 17.7 Å². The minimum Gasteiger partial charge on any atom is -0.383 e. The Morgan fingerprint density at radius 2 is 1.96 bits per heavy atom. The van der Waals surface area contributed by atoms with E-state index in [1.165, 1.54) is 12.1 Å². The van der Waals surface area contributed by atoms with Crippen molar-refractivity contribution in [3.8, 4) is 0 Å². The molecule has 2 aromatic rings. The highest BCUT2D eigenvalue weighted by molar-refractivity contribution is 5.79. The Hall–Kier alpha value is -3.00. The molecule has 0 aliphatic carbocycles. The summed E-state index contributed by atoms with van der Waals surface area (Å²) in [6, 6.07) is 12.2. The third kappa shape index (κ3) is 6.86. The topological polar surface area (TPSA) is 102 Å². The van der Waals surface area contributed by atoms with Crippen LogP contribution in [0.2, 0.25) is 0 Å². The zero-order chi connectivity index (χ0) is 18.6. The predicted molar refractivity (Wildman–Crippen MR) is 100 cm³/mol. The van der Waals surface area contributed by atoms with Crippen molar-refractivity contribution in [2.24, 2.45) is 4.99 Å². The van der Waals surface area contributed by atoms with Crippen LogP contribution in [0, 0.1) is 10.1 Å². The summed E-state index contributed by atoms with van der Waals surface area (Å²) in [5.41, 5.74) is 1.98. The Bertz CT molecular complexity index is 705. The lowest BCUT2D eigenvalue weighted by atomic mass is 10.2. The van der Waals surface area contributed by atoms with Gasteiger partial charge >= 0.3 is 0 Å². The van der Waals surface area contributed by atoms with E-state index in [0.29, 0.717) is 32.2 Å². The van der Waals surface area contributed by atoms with Crippen LogP contribution in [-0.4, -0.2) is 42.7 Å². The second-order valence-corrected chi connectivity index (χ2v) is 5.51. The first kappa shape index (κ1) is 19.3. The lowest BCUT2D eigenvalue weighted by Crippen LogP contribution is -2.40. The smallest absolute Gasteiger partial charge is 0.269 e. The molecule has 0 radical (unpaired) electrons. The van der Waals surface area contributed by atoms with E-state index in [-0.39, 0.29) is 5.69 Å². The molecule has 1 aromatic carbocycles. The van der Waals surface area contributed by atoms with Crippen molar-refractivity contribution in [3.63, 3.8) is 0 Å². The molecule has 2 N–H and O–H groups in total. The molecular weight excluding hydrogens is 334 g/mol. The lowest BCUT2D eigenvalue weighted by molar-refractivity contribution is -0.384. The second-order valence-electron chi connectivity index (χ2n) is 5.51. The molecule has 1 heterocycles. The van der Waals surface area contributed by atoms with E-state index in [9.17, 15) is 10.1 Å². The summed E-state index contributed by atoms with van der Waals surface area (Å²) in [5, 5.41) is 17.2. The van der Waals surface area contributed by atoms with Crippen molar-refractivity contribution in [3.05, 3.63) is 70.0 Å². The van der Waals surface area contributed by atoms with Crippen LogP contribution in [0.25, 0.3) is 0 Å². The molecule has 0 aliphatic rings. The van der Waals surface area contributed by atoms with Crippen molar-refractivity contribution < 1.29 is 9.66 Å². The first-order chi connectivity index (χ1) is 12.7. The third-order valence-corrected chi connectivity index (χ3v) is 3.57. The van der Waals surface area contributed by atoms with Gasteiger partial charge in [0.25, 0.3) is 5.69 Å². The summed E-state index contributed by atoms with van der Waals surface area (Å²) < 4.78 is 5.05. The number of rotatable bonds is 9. The first-order valence-corrected chi connectivity index (χ1v) is 8.33. The maximum absolute atomic E-state index is 10.7. The van der Waals surface area contributed by atoms with Gasteiger partial charge in [0.05, 0.1) is 18.1 Å². The largest absolute Gasteiger partial charge is 0.383 e. The molecule has 0 saturated carbocycles. The molecule has 0 amide bonds. The summed E-state index contributed by atoms with van der Waals surface area (Å²) in [6.45, 7) is 2.31. The molecule has 8 heteroatoms. The van der Waals surface area contributed by atoms with Crippen LogP contribution in [0.1, 0.15) is 11.3 Å². The number of non-ortho nitro benzene ring substituents is 1. The maximum Gasteiger partial charge on any atom is 0.269 e. The molecule has 0 aliphatic heterocycles. The van der Waals surface area contributed by atoms with Gasteiger partial charge in [-0.05, 0) is 17.7 Å². The van der Waals surface area contributed by atoms with E-state index in [4.69, 9.17) is 4.74 Å². The van der Waals surface area contributed by atoms with Gasteiger partial charge in [0, 0.05) is 50.6 Å². The van der Waals surface area contributed by atoms with Gasteiger partial charge in [-0.3, -0.25) is 15.1 Å². The standard InChI is InChI=1S/C18H23N5O3/c1-26-13-12-21-18(20-11-9-16-4-2-3-10-19-16)22-14-15-5-7-17(8-6-15)23(24)25/h2-8,10H,9,11-14H2,1H3,(H2,20,21,22). The normalized spacial score (nSPS) is 11.2. The lowest BCUT2D eigenvalue weighted by Gasteiger charge is -2.12. The van der Waals surface area contributed by atoms with Gasteiger partial charge < -0.3 is 15.4 Å². The van der Waals surface area contributed by atoms with Crippen LogP contribution in [0.15, 0.2) is 53.7 Å². The number of aromatic nitrogens is 1. The van der Waals surface area contributed by atoms with E-state index >= 15 is 0 Å². The molecule has 0 spiro atoms. The summed E-state index contributed by atoms with van der Waals surface area (Å²) in [4.78, 5) is 19.1. The van der Waals surface area contributed by atoms with Crippen molar-refractivity contribution in [1.82, 2.24) is 15.6 Å². The monoisotopic (exact) mass is 357 g/mol. The molecule has 138 valence electrons. The zero-order valence-electron chi connectivity index (χ0n) is 14.7. The van der Waals surface area contributed by atoms with Crippen molar-refractivity contribution in [1.29, 1.82) is 0 Å². The van der Waals surface area contributed by atoms with Crippen molar-refractivity contribution in [2.45, 2.75) is 13.0 Å². The number of nitrogens with zero attached hydrogens (tertiary/aromatic N) is 3. The molecule has 0 unspecified atom stereocenters. The van der Waals surface area contributed by atoms with Crippen LogP contribution in [0.4, 0.5) is 5.69 Å². The number of guanidine groups is 1. The van der Waals surface area contributed by atoms with Crippen LogP contribution < -0.4 is 10.6 Å².